The van der Waals surface area contributed by atoms with Crippen LogP contribution in [0.4, 0.5) is 0 Å². The Morgan fingerprint density at radius 2 is 1.75 bits per heavy atom. The van der Waals surface area contributed by atoms with E-state index in [2.05, 4.69) is 13.8 Å². The lowest BCUT2D eigenvalue weighted by atomic mass is 9.44. The Kier molecular flexibility index (Phi) is 6.32. The number of carbonyl (C=O) groups is 2. The van der Waals surface area contributed by atoms with E-state index >= 15 is 0 Å². The van der Waals surface area contributed by atoms with Crippen LogP contribution in [0.25, 0.3) is 0 Å². The van der Waals surface area contributed by atoms with Gasteiger partial charge in [0.2, 0.25) is 0 Å². The van der Waals surface area contributed by atoms with Gasteiger partial charge in [0.05, 0.1) is 13.0 Å². The summed E-state index contributed by atoms with van der Waals surface area (Å²) in [6, 6.07) is 0. The monoisotopic (exact) mass is 390 g/mol. The molecular weight excluding hydrogens is 348 g/mol. The van der Waals surface area contributed by atoms with Gasteiger partial charge in [-0.05, 0) is 73.5 Å². The van der Waals surface area contributed by atoms with Crippen molar-refractivity contribution in [3.8, 4) is 0 Å². The third-order valence-corrected chi connectivity index (χ3v) is 9.69. The van der Waals surface area contributed by atoms with Crippen molar-refractivity contribution in [1.29, 1.82) is 0 Å². The quantitative estimate of drug-likeness (QED) is 0.539. The summed E-state index contributed by atoms with van der Waals surface area (Å²) in [5.74, 6) is 2.88. The molecule has 0 saturated heterocycles. The van der Waals surface area contributed by atoms with Crippen LogP contribution in [0.3, 0.4) is 0 Å². The van der Waals surface area contributed by atoms with Crippen LogP contribution in [-0.4, -0.2) is 18.9 Å². The van der Waals surface area contributed by atoms with E-state index in [1.165, 1.54) is 45.6 Å². The molecule has 4 rings (SSSR count). The number of fused-ring (bicyclic) bond motifs is 5. The molecule has 28 heavy (non-hydrogen) atoms. The zero-order chi connectivity index (χ0) is 20.7. The molecule has 4 fully saturated rings. The van der Waals surface area contributed by atoms with Crippen molar-refractivity contribution in [2.75, 3.05) is 7.11 Å². The summed E-state index contributed by atoms with van der Waals surface area (Å²) in [5, 5.41) is 0. The Bertz CT molecular complexity index is 599. The minimum absolute atomic E-state index is 0.144. The van der Waals surface area contributed by atoms with E-state index in [0.29, 0.717) is 29.0 Å². The van der Waals surface area contributed by atoms with Crippen molar-refractivity contribution in [2.24, 2.45) is 46.3 Å². The number of carbonyl (C=O) groups excluding carboxylic acids is 2. The average molecular weight is 391 g/mol. The molecule has 0 aromatic heterocycles. The van der Waals surface area contributed by atoms with Gasteiger partial charge in [0.15, 0.2) is 0 Å². The lowest BCUT2D eigenvalue weighted by Gasteiger charge is -2.60. The van der Waals surface area contributed by atoms with Gasteiger partial charge in [-0.1, -0.05) is 47.5 Å². The number of ketones is 1. The Morgan fingerprint density at radius 3 is 2.43 bits per heavy atom. The predicted molar refractivity (Wildman–Crippen MR) is 113 cm³/mol. The minimum atomic E-state index is -0.313. The normalized spacial score (nSPS) is 45.6. The lowest BCUT2D eigenvalue weighted by molar-refractivity contribution is -0.161. The second-order valence-corrected chi connectivity index (χ2v) is 10.3. The summed E-state index contributed by atoms with van der Waals surface area (Å²) in [7, 11) is 1.47. The molecule has 0 bridgehead atoms. The topological polar surface area (TPSA) is 43.4 Å². The zero-order valence-corrected chi connectivity index (χ0v) is 19.1. The van der Waals surface area contributed by atoms with E-state index in [4.69, 9.17) is 4.74 Å². The summed E-state index contributed by atoms with van der Waals surface area (Å²) >= 11 is 0. The van der Waals surface area contributed by atoms with Crippen LogP contribution < -0.4 is 0 Å². The largest absolute Gasteiger partial charge is 0.469 e. The van der Waals surface area contributed by atoms with Gasteiger partial charge in [-0.2, -0.15) is 0 Å². The molecule has 3 heteroatoms. The van der Waals surface area contributed by atoms with Crippen molar-refractivity contribution >= 4 is 11.8 Å². The molecule has 0 heterocycles. The minimum Gasteiger partial charge on any atom is -0.469 e. The summed E-state index contributed by atoms with van der Waals surface area (Å²) < 4.78 is 5.03. The SMILES string of the molecule is CC.COC(=O)[C@@H](C)C1CCC2C3CC[C@@H]4CCCC[C@]4(C)C3CC(=O)[C@@]21C. The highest BCUT2D eigenvalue weighted by molar-refractivity contribution is 5.88. The molecule has 4 aliphatic rings. The van der Waals surface area contributed by atoms with Gasteiger partial charge in [0.25, 0.3) is 0 Å². The molecule has 0 aromatic carbocycles. The number of ether oxygens (including phenoxy) is 1. The average Bonchev–Trinajstić information content (AvgIpc) is 3.07. The Morgan fingerprint density at radius 1 is 1.04 bits per heavy atom. The van der Waals surface area contributed by atoms with Crippen molar-refractivity contribution in [3.63, 3.8) is 0 Å². The van der Waals surface area contributed by atoms with E-state index in [9.17, 15) is 9.59 Å². The van der Waals surface area contributed by atoms with Crippen molar-refractivity contribution in [1.82, 2.24) is 0 Å². The Hall–Kier alpha value is -0.860. The van der Waals surface area contributed by atoms with E-state index in [-0.39, 0.29) is 23.2 Å². The maximum atomic E-state index is 13.5. The molecule has 4 aliphatic carbocycles. The van der Waals surface area contributed by atoms with Gasteiger partial charge < -0.3 is 4.74 Å². The molecule has 0 amide bonds. The zero-order valence-electron chi connectivity index (χ0n) is 19.1. The molecule has 0 radical (unpaired) electrons. The van der Waals surface area contributed by atoms with Crippen molar-refractivity contribution < 1.29 is 14.3 Å². The van der Waals surface area contributed by atoms with Crippen LogP contribution in [0.2, 0.25) is 0 Å². The van der Waals surface area contributed by atoms with Gasteiger partial charge in [-0.25, -0.2) is 0 Å². The first-order chi connectivity index (χ1) is 13.3. The molecular formula is C25H42O3. The van der Waals surface area contributed by atoms with E-state index in [1.807, 2.05) is 20.8 Å². The number of esters is 1. The third-order valence-electron chi connectivity index (χ3n) is 9.69. The van der Waals surface area contributed by atoms with E-state index < -0.39 is 0 Å². The number of hydrogen-bond donors (Lipinski definition) is 0. The number of rotatable bonds is 2. The van der Waals surface area contributed by atoms with Gasteiger partial charge in [0, 0.05) is 11.8 Å². The van der Waals surface area contributed by atoms with Crippen LogP contribution in [0.15, 0.2) is 0 Å². The van der Waals surface area contributed by atoms with Crippen LogP contribution >= 0.6 is 0 Å². The maximum Gasteiger partial charge on any atom is 0.308 e. The fourth-order valence-corrected chi connectivity index (χ4v) is 8.19. The van der Waals surface area contributed by atoms with Gasteiger partial charge in [-0.15, -0.1) is 0 Å². The Labute approximate surface area is 172 Å². The molecule has 0 N–H and O–H groups in total. The number of methoxy groups -OCH3 is 1. The standard InChI is InChI=1S/C23H36O3.C2H6/c1-14(21(25)26-4)17-10-11-18-16-9-8-15-7-5-6-12-22(15,2)19(16)13-20(24)23(17,18)3;1-2/h14-19H,5-13H2,1-4H3;1-2H3/t14-,15-,16?,17?,18?,19?,22-,23+;/m0./s1. The smallest absolute Gasteiger partial charge is 0.308 e. The fourth-order valence-electron chi connectivity index (χ4n) is 8.19. The van der Waals surface area contributed by atoms with E-state index in [0.717, 1.165) is 25.2 Å². The molecule has 4 saturated carbocycles. The van der Waals surface area contributed by atoms with Gasteiger partial charge in [-0.3, -0.25) is 9.59 Å². The highest BCUT2D eigenvalue weighted by Crippen LogP contribution is 2.67. The molecule has 0 spiro atoms. The fraction of sp³-hybridized carbons (Fsp3) is 0.920. The predicted octanol–water partition coefficient (Wildman–Crippen LogP) is 6.05. The molecule has 3 nitrogen and oxygen atoms in total. The molecule has 0 aliphatic heterocycles. The summed E-state index contributed by atoms with van der Waals surface area (Å²) in [5.41, 5.74) is 0.0663. The van der Waals surface area contributed by atoms with Crippen molar-refractivity contribution in [3.05, 3.63) is 0 Å². The summed E-state index contributed by atoms with van der Waals surface area (Å²) in [6.07, 6.45) is 11.0. The first kappa shape index (κ1) is 21.8. The maximum absolute atomic E-state index is 13.5. The van der Waals surface area contributed by atoms with Crippen LogP contribution in [0, 0.1) is 46.3 Å². The molecule has 160 valence electrons. The van der Waals surface area contributed by atoms with Crippen molar-refractivity contribution in [2.45, 2.75) is 92.4 Å². The molecule has 4 unspecified atom stereocenters. The van der Waals surface area contributed by atoms with Gasteiger partial charge in [0.1, 0.15) is 5.78 Å². The van der Waals surface area contributed by atoms with Gasteiger partial charge >= 0.3 is 5.97 Å². The lowest BCUT2D eigenvalue weighted by Crippen LogP contribution is -2.57. The molecule has 0 aromatic rings. The van der Waals surface area contributed by atoms with E-state index in [1.54, 1.807) is 0 Å². The number of Topliss-reactive ketones (excluding diaryl/α,β-unsaturated/α-hetero) is 1. The first-order valence-electron chi connectivity index (χ1n) is 11.9. The first-order valence-corrected chi connectivity index (χ1v) is 11.9. The van der Waals surface area contributed by atoms with Crippen LogP contribution in [0.1, 0.15) is 92.4 Å². The highest BCUT2D eigenvalue weighted by atomic mass is 16.5. The second-order valence-electron chi connectivity index (χ2n) is 10.3. The second kappa shape index (κ2) is 8.11. The number of hydrogen-bond acceptors (Lipinski definition) is 3. The Balaban J connectivity index is 0.00000109. The van der Waals surface area contributed by atoms with Crippen LogP contribution in [-0.2, 0) is 14.3 Å². The summed E-state index contributed by atoms with van der Waals surface area (Å²) in [4.78, 5) is 25.8. The molecule has 8 atom stereocenters. The summed E-state index contributed by atoms with van der Waals surface area (Å²) in [6.45, 7) is 10.7. The third kappa shape index (κ3) is 3.06. The highest BCUT2D eigenvalue weighted by Gasteiger charge is 2.64. The van der Waals surface area contributed by atoms with Crippen LogP contribution in [0.5, 0.6) is 0 Å².